The van der Waals surface area contributed by atoms with Gasteiger partial charge in [-0.05, 0) is 22.3 Å². The molecule has 2 amide bonds. The van der Waals surface area contributed by atoms with E-state index in [0.717, 1.165) is 33.6 Å². The standard InChI is InChI=1S/C24H23N3O5S/c1-27(11-10-22(28)29)23(30)20-12-25-21(33-20)13-26-24(31)32-14-19-17-8-4-2-6-15(17)16-7-3-5-9-18(16)19/h2-9,12,19H,10-11,13-14H2,1H3,(H,26,31)(H,28,29). The highest BCUT2D eigenvalue weighted by Crippen LogP contribution is 2.44. The molecule has 0 saturated heterocycles. The van der Waals surface area contributed by atoms with Crippen LogP contribution in [0.3, 0.4) is 0 Å². The first-order valence-electron chi connectivity index (χ1n) is 10.4. The number of alkyl carbamates (subject to hydrolysis) is 1. The van der Waals surface area contributed by atoms with Gasteiger partial charge < -0.3 is 20.1 Å². The Labute approximate surface area is 194 Å². The molecule has 0 fully saturated rings. The molecule has 170 valence electrons. The van der Waals surface area contributed by atoms with Crippen molar-refractivity contribution in [2.45, 2.75) is 18.9 Å². The minimum atomic E-state index is -0.966. The molecular weight excluding hydrogens is 442 g/mol. The molecule has 1 heterocycles. The third-order valence-electron chi connectivity index (χ3n) is 5.50. The Bertz CT molecular complexity index is 1150. The van der Waals surface area contributed by atoms with E-state index in [1.807, 2.05) is 24.3 Å². The summed E-state index contributed by atoms with van der Waals surface area (Å²) in [7, 11) is 1.54. The molecule has 0 aliphatic heterocycles. The summed E-state index contributed by atoms with van der Waals surface area (Å²) in [5, 5.41) is 12.0. The van der Waals surface area contributed by atoms with Crippen molar-refractivity contribution in [1.29, 1.82) is 0 Å². The third kappa shape index (κ3) is 5.04. The van der Waals surface area contributed by atoms with Gasteiger partial charge in [0.15, 0.2) is 0 Å². The number of rotatable bonds is 8. The highest BCUT2D eigenvalue weighted by atomic mass is 32.1. The second-order valence-electron chi connectivity index (χ2n) is 7.67. The van der Waals surface area contributed by atoms with Gasteiger partial charge in [0.1, 0.15) is 16.5 Å². The Morgan fingerprint density at radius 2 is 1.73 bits per heavy atom. The normalized spacial score (nSPS) is 12.0. The largest absolute Gasteiger partial charge is 0.481 e. The summed E-state index contributed by atoms with van der Waals surface area (Å²) < 4.78 is 5.50. The number of benzene rings is 2. The van der Waals surface area contributed by atoms with E-state index in [1.54, 1.807) is 7.05 Å². The van der Waals surface area contributed by atoms with Crippen molar-refractivity contribution in [3.63, 3.8) is 0 Å². The third-order valence-corrected chi connectivity index (χ3v) is 6.49. The highest BCUT2D eigenvalue weighted by molar-refractivity contribution is 7.13. The van der Waals surface area contributed by atoms with E-state index in [0.29, 0.717) is 9.88 Å². The van der Waals surface area contributed by atoms with Crippen molar-refractivity contribution in [3.8, 4) is 11.1 Å². The maximum atomic E-state index is 12.4. The molecule has 2 aromatic carbocycles. The smallest absolute Gasteiger partial charge is 0.407 e. The van der Waals surface area contributed by atoms with Crippen LogP contribution in [-0.2, 0) is 16.1 Å². The van der Waals surface area contributed by atoms with Gasteiger partial charge in [0.25, 0.3) is 5.91 Å². The predicted molar refractivity (Wildman–Crippen MR) is 123 cm³/mol. The Morgan fingerprint density at radius 1 is 1.09 bits per heavy atom. The van der Waals surface area contributed by atoms with Gasteiger partial charge in [-0.25, -0.2) is 9.78 Å². The second kappa shape index (κ2) is 9.83. The number of carboxylic acid groups (broad SMARTS) is 1. The van der Waals surface area contributed by atoms with Gasteiger partial charge in [0.2, 0.25) is 0 Å². The molecule has 8 nitrogen and oxygen atoms in total. The van der Waals surface area contributed by atoms with E-state index in [4.69, 9.17) is 9.84 Å². The molecule has 1 aliphatic rings. The first-order chi connectivity index (χ1) is 15.9. The number of carbonyl (C=O) groups is 3. The van der Waals surface area contributed by atoms with Crippen LogP contribution in [-0.4, -0.2) is 53.2 Å². The van der Waals surface area contributed by atoms with Crippen LogP contribution < -0.4 is 5.32 Å². The number of hydrogen-bond acceptors (Lipinski definition) is 6. The summed E-state index contributed by atoms with van der Waals surface area (Å²) in [6, 6.07) is 16.2. The zero-order chi connectivity index (χ0) is 23.4. The zero-order valence-corrected chi connectivity index (χ0v) is 18.8. The van der Waals surface area contributed by atoms with Crippen molar-refractivity contribution in [2.75, 3.05) is 20.2 Å². The summed E-state index contributed by atoms with van der Waals surface area (Å²) in [4.78, 5) is 41.2. The van der Waals surface area contributed by atoms with Gasteiger partial charge in [-0.2, -0.15) is 0 Å². The summed E-state index contributed by atoms with van der Waals surface area (Å²) in [6.07, 6.45) is 0.745. The van der Waals surface area contributed by atoms with E-state index < -0.39 is 12.1 Å². The van der Waals surface area contributed by atoms with Crippen molar-refractivity contribution >= 4 is 29.3 Å². The molecule has 33 heavy (non-hydrogen) atoms. The van der Waals surface area contributed by atoms with E-state index >= 15 is 0 Å². The van der Waals surface area contributed by atoms with E-state index in [1.165, 1.54) is 11.1 Å². The number of carboxylic acids is 1. The number of aromatic nitrogens is 1. The number of carbonyl (C=O) groups excluding carboxylic acids is 2. The summed E-state index contributed by atoms with van der Waals surface area (Å²) in [5.74, 6) is -1.29. The molecule has 0 spiro atoms. The number of nitrogens with zero attached hydrogens (tertiary/aromatic N) is 2. The molecular formula is C24H23N3O5S. The lowest BCUT2D eigenvalue weighted by Gasteiger charge is -2.14. The molecule has 1 aromatic heterocycles. The van der Waals surface area contributed by atoms with Crippen LogP contribution in [0.25, 0.3) is 11.1 Å². The fourth-order valence-corrected chi connectivity index (χ4v) is 4.69. The van der Waals surface area contributed by atoms with Crippen molar-refractivity contribution in [3.05, 3.63) is 75.7 Å². The minimum absolute atomic E-state index is 0.0198. The zero-order valence-electron chi connectivity index (χ0n) is 18.0. The second-order valence-corrected chi connectivity index (χ2v) is 8.78. The van der Waals surface area contributed by atoms with Crippen LogP contribution >= 0.6 is 11.3 Å². The minimum Gasteiger partial charge on any atom is -0.481 e. The highest BCUT2D eigenvalue weighted by Gasteiger charge is 2.29. The Kier molecular flexibility index (Phi) is 6.69. The van der Waals surface area contributed by atoms with Crippen LogP contribution in [0.4, 0.5) is 4.79 Å². The van der Waals surface area contributed by atoms with Crippen molar-refractivity contribution in [1.82, 2.24) is 15.2 Å². The fourth-order valence-electron chi connectivity index (χ4n) is 3.84. The molecule has 4 rings (SSSR count). The summed E-state index contributed by atoms with van der Waals surface area (Å²) >= 11 is 1.15. The Hall–Kier alpha value is -3.72. The molecule has 0 saturated carbocycles. The molecule has 2 N–H and O–H groups in total. The molecule has 3 aromatic rings. The number of hydrogen-bond donors (Lipinski definition) is 2. The Balaban J connectivity index is 1.30. The quantitative estimate of drug-likeness (QED) is 0.525. The van der Waals surface area contributed by atoms with Crippen LogP contribution in [0.15, 0.2) is 54.7 Å². The van der Waals surface area contributed by atoms with Crippen molar-refractivity contribution in [2.24, 2.45) is 0 Å². The molecule has 9 heteroatoms. The maximum absolute atomic E-state index is 12.4. The van der Waals surface area contributed by atoms with E-state index in [-0.39, 0.29) is 37.9 Å². The van der Waals surface area contributed by atoms with E-state index in [9.17, 15) is 14.4 Å². The van der Waals surface area contributed by atoms with Crippen LogP contribution in [0.5, 0.6) is 0 Å². The number of amides is 2. The maximum Gasteiger partial charge on any atom is 0.407 e. The number of thiazole rings is 1. The van der Waals surface area contributed by atoms with Crippen LogP contribution in [0.2, 0.25) is 0 Å². The molecule has 0 unspecified atom stereocenters. The molecule has 0 atom stereocenters. The lowest BCUT2D eigenvalue weighted by molar-refractivity contribution is -0.137. The lowest BCUT2D eigenvalue weighted by atomic mass is 9.98. The molecule has 0 radical (unpaired) electrons. The number of ether oxygens (including phenoxy) is 1. The van der Waals surface area contributed by atoms with Crippen LogP contribution in [0.1, 0.15) is 38.1 Å². The first-order valence-corrected chi connectivity index (χ1v) is 11.3. The summed E-state index contributed by atoms with van der Waals surface area (Å²) in [6.45, 7) is 0.461. The fraction of sp³-hybridized carbons (Fsp3) is 0.250. The SMILES string of the molecule is CN(CCC(=O)O)C(=O)c1cnc(CNC(=O)OCC2c3ccccc3-c3ccccc32)s1. The number of aliphatic carboxylic acids is 1. The molecule has 1 aliphatic carbocycles. The van der Waals surface area contributed by atoms with Crippen LogP contribution in [0, 0.1) is 0 Å². The molecule has 0 bridgehead atoms. The van der Waals surface area contributed by atoms with Gasteiger partial charge in [-0.1, -0.05) is 48.5 Å². The number of nitrogens with one attached hydrogen (secondary N) is 1. The average Bonchev–Trinajstić information content (AvgIpc) is 3.42. The first kappa shape index (κ1) is 22.5. The predicted octanol–water partition coefficient (Wildman–Crippen LogP) is 3.73. The average molecular weight is 466 g/mol. The number of fused-ring (bicyclic) bond motifs is 3. The van der Waals surface area contributed by atoms with Gasteiger partial charge >= 0.3 is 12.1 Å². The topological polar surface area (TPSA) is 109 Å². The lowest BCUT2D eigenvalue weighted by Crippen LogP contribution is -2.28. The summed E-state index contributed by atoms with van der Waals surface area (Å²) in [5.41, 5.74) is 4.61. The van der Waals surface area contributed by atoms with Gasteiger partial charge in [-0.15, -0.1) is 11.3 Å². The van der Waals surface area contributed by atoms with Gasteiger partial charge in [-0.3, -0.25) is 9.59 Å². The monoisotopic (exact) mass is 465 g/mol. The van der Waals surface area contributed by atoms with Crippen molar-refractivity contribution < 1.29 is 24.2 Å². The van der Waals surface area contributed by atoms with Gasteiger partial charge in [0.05, 0.1) is 19.2 Å². The Morgan fingerprint density at radius 3 is 2.36 bits per heavy atom. The van der Waals surface area contributed by atoms with Gasteiger partial charge in [0, 0.05) is 19.5 Å². The van der Waals surface area contributed by atoms with E-state index in [2.05, 4.69) is 34.6 Å².